The predicted molar refractivity (Wildman–Crippen MR) is 112 cm³/mol. The Hall–Kier alpha value is -1.40. The first-order chi connectivity index (χ1) is 13.9. The smallest absolute Gasteiger partial charge is 0.337 e. The van der Waals surface area contributed by atoms with Crippen LogP contribution in [0, 0.1) is 0 Å². The van der Waals surface area contributed by atoms with Crippen molar-refractivity contribution in [1.29, 1.82) is 0 Å². The van der Waals surface area contributed by atoms with Crippen LogP contribution < -0.4 is 4.90 Å². The summed E-state index contributed by atoms with van der Waals surface area (Å²) >= 11 is 12.3. The van der Waals surface area contributed by atoms with Gasteiger partial charge in [-0.1, -0.05) is 47.5 Å². The normalized spacial score (nSPS) is 23.0. The van der Waals surface area contributed by atoms with Gasteiger partial charge < -0.3 is 18.7 Å². The number of rotatable bonds is 7. The fourth-order valence-corrected chi connectivity index (χ4v) is 6.26. The van der Waals surface area contributed by atoms with Gasteiger partial charge in [-0.3, -0.25) is 9.36 Å². The highest BCUT2D eigenvalue weighted by molar-refractivity contribution is 7.55. The van der Waals surface area contributed by atoms with E-state index in [0.717, 1.165) is 5.56 Å². The van der Waals surface area contributed by atoms with Crippen LogP contribution in [0.3, 0.4) is 0 Å². The molecule has 4 rings (SSSR count). The van der Waals surface area contributed by atoms with Gasteiger partial charge in [-0.05, 0) is 37.6 Å². The van der Waals surface area contributed by atoms with Crippen LogP contribution >= 0.6 is 30.8 Å². The van der Waals surface area contributed by atoms with E-state index in [1.54, 1.807) is 43.0 Å². The van der Waals surface area contributed by atoms with E-state index in [1.807, 2.05) is 18.2 Å². The lowest BCUT2D eigenvalue weighted by molar-refractivity contribution is -0.123. The molecule has 6 nitrogen and oxygen atoms in total. The van der Waals surface area contributed by atoms with Gasteiger partial charge in [0.2, 0.25) is 11.4 Å². The standard InChI is InChI=1S/C20H20Cl2NO5P/c1-3-26-29(25,27-4-2)19-20(28-19)15-7-5-6-8-17(15)23(18(20)24)12-13-9-10-14(21)11-16(13)22/h5-11,19H,3-4,12H2,1-2H3/t19-,20+/m0/s1. The molecule has 2 aromatic rings. The molecule has 0 N–H and O–H groups in total. The number of amides is 1. The van der Waals surface area contributed by atoms with Crippen LogP contribution in [0.2, 0.25) is 10.0 Å². The SMILES string of the molecule is CCOP(=O)(OCC)[C@@H]1O[C@]12C(=O)N(Cc1ccc(Cl)cc1Cl)c1ccccc12. The molecule has 0 unspecified atom stereocenters. The number of halogens is 2. The number of fused-ring (bicyclic) bond motifs is 2. The minimum Gasteiger partial charge on any atom is -0.337 e. The topological polar surface area (TPSA) is 68.4 Å². The Morgan fingerprint density at radius 3 is 2.48 bits per heavy atom. The molecule has 0 saturated carbocycles. The molecule has 154 valence electrons. The Balaban J connectivity index is 1.72. The van der Waals surface area contributed by atoms with E-state index in [9.17, 15) is 9.36 Å². The second-order valence-corrected chi connectivity index (χ2v) is 9.63. The van der Waals surface area contributed by atoms with Gasteiger partial charge in [-0.15, -0.1) is 0 Å². The van der Waals surface area contributed by atoms with Crippen molar-refractivity contribution in [3.63, 3.8) is 0 Å². The van der Waals surface area contributed by atoms with Crippen LogP contribution in [0.15, 0.2) is 42.5 Å². The molecule has 0 bridgehead atoms. The van der Waals surface area contributed by atoms with Gasteiger partial charge in [0.05, 0.1) is 25.4 Å². The summed E-state index contributed by atoms with van der Waals surface area (Å²) in [6.07, 6.45) is 0. The third kappa shape index (κ3) is 3.32. The van der Waals surface area contributed by atoms with E-state index in [4.69, 9.17) is 37.0 Å². The van der Waals surface area contributed by atoms with Gasteiger partial charge in [0.25, 0.3) is 5.91 Å². The predicted octanol–water partition coefficient (Wildman–Crippen LogP) is 5.36. The van der Waals surface area contributed by atoms with Crippen molar-refractivity contribution in [1.82, 2.24) is 0 Å². The van der Waals surface area contributed by atoms with E-state index < -0.39 is 19.0 Å². The Bertz CT molecular complexity index is 1010. The number of hydrogen-bond acceptors (Lipinski definition) is 5. The summed E-state index contributed by atoms with van der Waals surface area (Å²) in [6.45, 7) is 4.05. The monoisotopic (exact) mass is 455 g/mol. The number of hydrogen-bond donors (Lipinski definition) is 0. The first kappa shape index (κ1) is 20.9. The molecule has 0 aromatic heterocycles. The number of carbonyl (C=O) groups is 1. The summed E-state index contributed by atoms with van der Waals surface area (Å²) in [5, 5.41) is 0.981. The van der Waals surface area contributed by atoms with Crippen molar-refractivity contribution in [3.8, 4) is 0 Å². The van der Waals surface area contributed by atoms with Gasteiger partial charge in [-0.2, -0.15) is 0 Å². The average Bonchev–Trinajstić information content (AvgIpc) is 3.40. The van der Waals surface area contributed by atoms with Crippen LogP contribution in [0.4, 0.5) is 5.69 Å². The second kappa shape index (κ2) is 7.69. The minimum atomic E-state index is -3.63. The van der Waals surface area contributed by atoms with Gasteiger partial charge in [0, 0.05) is 15.6 Å². The van der Waals surface area contributed by atoms with Crippen molar-refractivity contribution in [2.24, 2.45) is 0 Å². The minimum absolute atomic E-state index is 0.188. The van der Waals surface area contributed by atoms with Crippen molar-refractivity contribution < 1.29 is 23.1 Å². The van der Waals surface area contributed by atoms with E-state index in [1.165, 1.54) is 0 Å². The van der Waals surface area contributed by atoms with E-state index in [-0.39, 0.29) is 25.7 Å². The van der Waals surface area contributed by atoms with Crippen LogP contribution in [0.1, 0.15) is 25.0 Å². The summed E-state index contributed by atoms with van der Waals surface area (Å²) in [6, 6.07) is 12.4. The lowest BCUT2D eigenvalue weighted by Crippen LogP contribution is -2.34. The third-order valence-corrected chi connectivity index (χ3v) is 7.86. The maximum atomic E-state index is 13.5. The molecule has 1 saturated heterocycles. The van der Waals surface area contributed by atoms with Gasteiger partial charge >= 0.3 is 7.60 Å². The number of para-hydroxylation sites is 1. The fourth-order valence-electron chi connectivity index (χ4n) is 3.74. The summed E-state index contributed by atoms with van der Waals surface area (Å²) in [5.41, 5.74) is 0.714. The highest BCUT2D eigenvalue weighted by Gasteiger charge is 2.76. The summed E-state index contributed by atoms with van der Waals surface area (Å²) < 4.78 is 30.0. The van der Waals surface area contributed by atoms with Crippen LogP contribution in [-0.4, -0.2) is 25.0 Å². The summed E-state index contributed by atoms with van der Waals surface area (Å²) in [4.78, 5) is 15.1. The second-order valence-electron chi connectivity index (χ2n) is 6.73. The number of anilines is 1. The van der Waals surface area contributed by atoms with Crippen molar-refractivity contribution >= 4 is 42.4 Å². The van der Waals surface area contributed by atoms with E-state index in [0.29, 0.717) is 21.3 Å². The first-order valence-corrected chi connectivity index (χ1v) is 11.7. The maximum Gasteiger partial charge on any atom is 0.363 e. The van der Waals surface area contributed by atoms with Crippen LogP contribution in [-0.2, 0) is 35.3 Å². The molecule has 2 aromatic carbocycles. The Kier molecular flexibility index (Phi) is 5.53. The zero-order valence-corrected chi connectivity index (χ0v) is 18.3. The Labute approximate surface area is 179 Å². The third-order valence-electron chi connectivity index (χ3n) is 4.99. The number of carbonyl (C=O) groups excluding carboxylic acids is 1. The molecular weight excluding hydrogens is 436 g/mol. The fraction of sp³-hybridized carbons (Fsp3) is 0.350. The van der Waals surface area contributed by atoms with Crippen molar-refractivity contribution in [3.05, 3.63) is 63.6 Å². The molecule has 1 amide bonds. The number of benzene rings is 2. The molecule has 2 atom stereocenters. The lowest BCUT2D eigenvalue weighted by Gasteiger charge is -2.19. The summed E-state index contributed by atoms with van der Waals surface area (Å²) in [7, 11) is -3.63. The highest BCUT2D eigenvalue weighted by atomic mass is 35.5. The largest absolute Gasteiger partial charge is 0.363 e. The molecule has 0 aliphatic carbocycles. The molecule has 9 heteroatoms. The number of ether oxygens (including phenoxy) is 1. The van der Waals surface area contributed by atoms with Gasteiger partial charge in [0.1, 0.15) is 0 Å². The molecule has 29 heavy (non-hydrogen) atoms. The molecule has 0 radical (unpaired) electrons. The Morgan fingerprint density at radius 1 is 1.14 bits per heavy atom. The van der Waals surface area contributed by atoms with Gasteiger partial charge in [-0.25, -0.2) is 0 Å². The summed E-state index contributed by atoms with van der Waals surface area (Å²) in [5.74, 6) is -1.29. The zero-order chi connectivity index (χ0) is 20.8. The number of nitrogens with zero attached hydrogens (tertiary/aromatic N) is 1. The maximum absolute atomic E-state index is 13.5. The molecule has 2 aliphatic heterocycles. The number of epoxide rings is 1. The first-order valence-electron chi connectivity index (χ1n) is 9.29. The molecule has 1 spiro atoms. The van der Waals surface area contributed by atoms with Crippen LogP contribution in [0.5, 0.6) is 0 Å². The highest BCUT2D eigenvalue weighted by Crippen LogP contribution is 2.72. The van der Waals surface area contributed by atoms with E-state index in [2.05, 4.69) is 0 Å². The van der Waals surface area contributed by atoms with Crippen molar-refractivity contribution in [2.75, 3.05) is 18.1 Å². The zero-order valence-electron chi connectivity index (χ0n) is 15.9. The van der Waals surface area contributed by atoms with Crippen molar-refractivity contribution in [2.45, 2.75) is 31.8 Å². The molecule has 1 fully saturated rings. The molecule has 2 aliphatic rings. The Morgan fingerprint density at radius 2 is 1.83 bits per heavy atom. The van der Waals surface area contributed by atoms with Gasteiger partial charge in [0.15, 0.2) is 0 Å². The molecule has 2 heterocycles. The molecular formula is C20H20Cl2NO5P. The quantitative estimate of drug-likeness (QED) is 0.415. The average molecular weight is 456 g/mol. The lowest BCUT2D eigenvalue weighted by atomic mass is 10.0. The van der Waals surface area contributed by atoms with E-state index >= 15 is 0 Å². The van der Waals surface area contributed by atoms with Crippen LogP contribution in [0.25, 0.3) is 0 Å².